The molecule has 0 saturated heterocycles. The Kier molecular flexibility index (Phi) is 5.91. The molecule has 0 radical (unpaired) electrons. The Balaban J connectivity index is 1.63. The van der Waals surface area contributed by atoms with Crippen molar-refractivity contribution in [3.8, 4) is 11.3 Å². The molecule has 0 amide bonds. The summed E-state index contributed by atoms with van der Waals surface area (Å²) in [5, 5.41) is 4.10. The maximum Gasteiger partial charge on any atom is 0.151 e. The minimum Gasteiger partial charge on any atom is -0.375 e. The first-order chi connectivity index (χ1) is 16.2. The van der Waals surface area contributed by atoms with Crippen molar-refractivity contribution in [3.63, 3.8) is 0 Å². The number of pyridine rings is 3. The smallest absolute Gasteiger partial charge is 0.151 e. The number of fused-ring (bicyclic) bond motifs is 1. The zero-order chi connectivity index (χ0) is 24.0. The SMILES string of the molecule is Cc1nc2cc(F)c(-c3ccc(P(C)(C)=O)nc3)nc2c(N[C@@H](c2ccccc2)C2CC2)c1Cl. The molecule has 0 spiro atoms. The molecular formula is C26H25ClFN4OP. The molecule has 0 unspecified atom stereocenters. The van der Waals surface area contributed by atoms with Crippen LogP contribution in [0.4, 0.5) is 10.1 Å². The van der Waals surface area contributed by atoms with E-state index in [1.165, 1.54) is 17.8 Å². The Morgan fingerprint density at radius 2 is 1.85 bits per heavy atom. The van der Waals surface area contributed by atoms with Crippen LogP contribution in [-0.4, -0.2) is 28.3 Å². The summed E-state index contributed by atoms with van der Waals surface area (Å²) < 4.78 is 27.4. The predicted molar refractivity (Wildman–Crippen MR) is 137 cm³/mol. The molecular weight excluding hydrogens is 470 g/mol. The molecule has 1 aromatic carbocycles. The number of benzene rings is 1. The van der Waals surface area contributed by atoms with Crippen LogP contribution in [-0.2, 0) is 4.57 Å². The molecule has 1 fully saturated rings. The van der Waals surface area contributed by atoms with Gasteiger partial charge in [0.05, 0.1) is 33.4 Å². The fourth-order valence-electron chi connectivity index (χ4n) is 4.16. The lowest BCUT2D eigenvalue weighted by Crippen LogP contribution is -2.14. The van der Waals surface area contributed by atoms with Crippen molar-refractivity contribution in [1.29, 1.82) is 0 Å². The molecule has 4 aromatic rings. The van der Waals surface area contributed by atoms with Crippen molar-refractivity contribution in [2.24, 2.45) is 5.92 Å². The third-order valence-corrected chi connectivity index (χ3v) is 7.97. The summed E-state index contributed by atoms with van der Waals surface area (Å²) in [5.74, 6) is -0.00219. The van der Waals surface area contributed by atoms with Gasteiger partial charge < -0.3 is 9.88 Å². The van der Waals surface area contributed by atoms with E-state index in [4.69, 9.17) is 11.6 Å². The Morgan fingerprint density at radius 1 is 1.12 bits per heavy atom. The molecule has 8 heteroatoms. The van der Waals surface area contributed by atoms with Crippen LogP contribution in [0.2, 0.25) is 5.02 Å². The van der Waals surface area contributed by atoms with Gasteiger partial charge in [-0.15, -0.1) is 0 Å². The van der Waals surface area contributed by atoms with Gasteiger partial charge in [-0.2, -0.15) is 0 Å². The van der Waals surface area contributed by atoms with Crippen LogP contribution in [0.5, 0.6) is 0 Å². The standard InChI is InChI=1S/C26H25ClFN4OP/c1-15-22(27)26(31-23(17-9-10-17)16-7-5-4-6-8-16)25-20(30-15)13-19(28)24(32-25)18-11-12-21(29-14-18)34(2,3)33/h4-8,11-14,17,23H,9-10H2,1-3H3,(H,30,31)/t23-/m0/s1. The minimum absolute atomic E-state index is 0.0724. The van der Waals surface area contributed by atoms with E-state index in [1.54, 1.807) is 25.5 Å². The highest BCUT2D eigenvalue weighted by atomic mass is 35.5. The first-order valence-electron chi connectivity index (χ1n) is 11.2. The summed E-state index contributed by atoms with van der Waals surface area (Å²) in [5.41, 5.74) is 4.54. The van der Waals surface area contributed by atoms with Gasteiger partial charge in [0.15, 0.2) is 5.82 Å². The molecule has 0 bridgehead atoms. The number of anilines is 1. The van der Waals surface area contributed by atoms with E-state index >= 15 is 4.39 Å². The number of rotatable bonds is 6. The van der Waals surface area contributed by atoms with Gasteiger partial charge in [-0.05, 0) is 56.7 Å². The fraction of sp³-hybridized carbons (Fsp3) is 0.269. The van der Waals surface area contributed by atoms with Crippen LogP contribution in [0.25, 0.3) is 22.3 Å². The second-order valence-corrected chi connectivity index (χ2v) is 12.7. The van der Waals surface area contributed by atoms with E-state index in [0.717, 1.165) is 12.8 Å². The normalized spacial score (nSPS) is 14.9. The Bertz CT molecular complexity index is 1420. The number of aromatic nitrogens is 3. The Morgan fingerprint density at radius 3 is 2.47 bits per heavy atom. The maximum atomic E-state index is 15.1. The highest BCUT2D eigenvalue weighted by Crippen LogP contribution is 2.45. The average Bonchev–Trinajstić information content (AvgIpc) is 3.65. The van der Waals surface area contributed by atoms with Crippen molar-refractivity contribution >= 4 is 40.9 Å². The van der Waals surface area contributed by atoms with Gasteiger partial charge in [0, 0.05) is 17.8 Å². The largest absolute Gasteiger partial charge is 0.375 e. The molecule has 5 rings (SSSR count). The predicted octanol–water partition coefficient (Wildman–Crippen LogP) is 6.60. The van der Waals surface area contributed by atoms with Crippen LogP contribution >= 0.6 is 18.7 Å². The van der Waals surface area contributed by atoms with E-state index in [0.29, 0.717) is 44.4 Å². The Labute approximate surface area is 203 Å². The second-order valence-electron chi connectivity index (χ2n) is 9.20. The monoisotopic (exact) mass is 494 g/mol. The second kappa shape index (κ2) is 8.75. The topological polar surface area (TPSA) is 67.8 Å². The molecule has 1 aliphatic carbocycles. The third-order valence-electron chi connectivity index (χ3n) is 6.14. The summed E-state index contributed by atoms with van der Waals surface area (Å²) in [6.45, 7) is 5.12. The fourth-order valence-corrected chi connectivity index (χ4v) is 5.12. The molecule has 1 saturated carbocycles. The summed E-state index contributed by atoms with van der Waals surface area (Å²) in [6, 6.07) is 15.1. The number of halogens is 2. The number of hydrogen-bond donors (Lipinski definition) is 1. The van der Waals surface area contributed by atoms with Gasteiger partial charge in [0.1, 0.15) is 18.4 Å². The summed E-state index contributed by atoms with van der Waals surface area (Å²) in [4.78, 5) is 13.5. The number of hydrogen-bond acceptors (Lipinski definition) is 5. The number of aryl methyl sites for hydroxylation is 1. The highest BCUT2D eigenvalue weighted by Gasteiger charge is 2.33. The lowest BCUT2D eigenvalue weighted by atomic mass is 10.0. The van der Waals surface area contributed by atoms with Crippen molar-refractivity contribution in [2.75, 3.05) is 18.6 Å². The van der Waals surface area contributed by atoms with E-state index in [9.17, 15) is 4.57 Å². The molecule has 1 atom stereocenters. The van der Waals surface area contributed by atoms with E-state index in [2.05, 4.69) is 32.4 Å². The van der Waals surface area contributed by atoms with Crippen LogP contribution in [0.3, 0.4) is 0 Å². The molecule has 1 N–H and O–H groups in total. The maximum absolute atomic E-state index is 15.1. The average molecular weight is 495 g/mol. The van der Waals surface area contributed by atoms with E-state index < -0.39 is 13.0 Å². The molecule has 3 heterocycles. The van der Waals surface area contributed by atoms with Crippen molar-refractivity contribution in [1.82, 2.24) is 15.0 Å². The van der Waals surface area contributed by atoms with Crippen LogP contribution in [0.15, 0.2) is 54.7 Å². The van der Waals surface area contributed by atoms with Gasteiger partial charge >= 0.3 is 0 Å². The van der Waals surface area contributed by atoms with Gasteiger partial charge in [0.25, 0.3) is 0 Å². The quantitative estimate of drug-likeness (QED) is 0.306. The molecule has 34 heavy (non-hydrogen) atoms. The van der Waals surface area contributed by atoms with Crippen LogP contribution in [0.1, 0.15) is 30.1 Å². The zero-order valence-corrected chi connectivity index (χ0v) is 20.9. The van der Waals surface area contributed by atoms with E-state index in [-0.39, 0.29) is 11.7 Å². The van der Waals surface area contributed by atoms with Gasteiger partial charge in [-0.25, -0.2) is 14.4 Å². The van der Waals surface area contributed by atoms with Crippen LogP contribution in [0, 0.1) is 18.7 Å². The number of nitrogens with zero attached hydrogens (tertiary/aromatic N) is 3. The first kappa shape index (κ1) is 22.9. The lowest BCUT2D eigenvalue weighted by Gasteiger charge is -2.22. The molecule has 3 aromatic heterocycles. The molecule has 174 valence electrons. The zero-order valence-electron chi connectivity index (χ0n) is 19.2. The minimum atomic E-state index is -2.51. The number of nitrogens with one attached hydrogen (secondary N) is 1. The van der Waals surface area contributed by atoms with Crippen molar-refractivity contribution < 1.29 is 8.96 Å². The van der Waals surface area contributed by atoms with Crippen LogP contribution < -0.4 is 10.8 Å². The van der Waals surface area contributed by atoms with Gasteiger partial charge in [0.2, 0.25) is 0 Å². The summed E-state index contributed by atoms with van der Waals surface area (Å²) in [6.07, 6.45) is 3.78. The van der Waals surface area contributed by atoms with Gasteiger partial charge in [-0.3, -0.25) is 4.98 Å². The van der Waals surface area contributed by atoms with Gasteiger partial charge in [-0.1, -0.05) is 41.9 Å². The Hall–Kier alpha value is -2.82. The third kappa shape index (κ3) is 4.45. The molecule has 5 nitrogen and oxygen atoms in total. The highest BCUT2D eigenvalue weighted by molar-refractivity contribution is 7.69. The van der Waals surface area contributed by atoms with Crippen molar-refractivity contribution in [3.05, 3.63) is 76.8 Å². The lowest BCUT2D eigenvalue weighted by molar-refractivity contribution is 0.588. The first-order valence-corrected chi connectivity index (χ1v) is 14.2. The van der Waals surface area contributed by atoms with E-state index in [1.807, 2.05) is 25.1 Å². The van der Waals surface area contributed by atoms with Crippen molar-refractivity contribution in [2.45, 2.75) is 25.8 Å². The summed E-state index contributed by atoms with van der Waals surface area (Å²) in [7, 11) is -2.51. The molecule has 1 aliphatic rings. The summed E-state index contributed by atoms with van der Waals surface area (Å²) >= 11 is 6.74. The molecule has 0 aliphatic heterocycles.